The number of fused-ring (bicyclic) bond motifs is 1. The van der Waals surface area contributed by atoms with Gasteiger partial charge in [0, 0.05) is 29.4 Å². The standard InChI is InChI=1S/C20H19BrN4O3/c1-2-25-19(28)15-5-3-4-6-16(15)22-20(25)24-23-18(27)12-11-17(26)13-7-9-14(21)10-8-13/h3-10H,2,11-12H2,1H3,(H,22,24)(H,23,27). The van der Waals surface area contributed by atoms with E-state index in [1.54, 1.807) is 48.5 Å². The zero-order valence-electron chi connectivity index (χ0n) is 15.2. The number of amides is 1. The molecule has 144 valence electrons. The van der Waals surface area contributed by atoms with Gasteiger partial charge in [-0.2, -0.15) is 0 Å². The first-order valence-corrected chi connectivity index (χ1v) is 9.62. The lowest BCUT2D eigenvalue weighted by Crippen LogP contribution is -2.34. The molecule has 1 aromatic heterocycles. The molecule has 0 fully saturated rings. The molecule has 8 heteroatoms. The normalized spacial score (nSPS) is 10.6. The fraction of sp³-hybridized carbons (Fsp3) is 0.200. The van der Waals surface area contributed by atoms with Crippen molar-refractivity contribution in [1.82, 2.24) is 15.0 Å². The van der Waals surface area contributed by atoms with Crippen LogP contribution in [0.3, 0.4) is 0 Å². The first-order chi connectivity index (χ1) is 13.5. The number of nitrogens with zero attached hydrogens (tertiary/aromatic N) is 2. The quantitative estimate of drug-likeness (QED) is 0.432. The van der Waals surface area contributed by atoms with Gasteiger partial charge in [-0.15, -0.1) is 0 Å². The molecule has 0 aliphatic carbocycles. The number of hydrazine groups is 1. The van der Waals surface area contributed by atoms with Crippen LogP contribution in [0.5, 0.6) is 0 Å². The van der Waals surface area contributed by atoms with Crippen molar-refractivity contribution in [2.45, 2.75) is 26.3 Å². The Morgan fingerprint density at radius 1 is 1.07 bits per heavy atom. The summed E-state index contributed by atoms with van der Waals surface area (Å²) in [7, 11) is 0. The van der Waals surface area contributed by atoms with Crippen molar-refractivity contribution in [1.29, 1.82) is 0 Å². The highest BCUT2D eigenvalue weighted by Gasteiger charge is 2.12. The first kappa shape index (κ1) is 19.8. The molecular formula is C20H19BrN4O3. The van der Waals surface area contributed by atoms with Gasteiger partial charge in [-0.3, -0.25) is 29.8 Å². The number of ketones is 1. The maximum absolute atomic E-state index is 12.5. The van der Waals surface area contributed by atoms with E-state index in [4.69, 9.17) is 0 Å². The smallest absolute Gasteiger partial charge is 0.262 e. The number of halogens is 1. The maximum atomic E-state index is 12.5. The Hall–Kier alpha value is -3.00. The molecule has 2 aromatic carbocycles. The van der Waals surface area contributed by atoms with E-state index in [2.05, 4.69) is 31.8 Å². The van der Waals surface area contributed by atoms with Crippen molar-refractivity contribution < 1.29 is 9.59 Å². The molecule has 0 saturated carbocycles. The fourth-order valence-corrected chi connectivity index (χ4v) is 3.02. The third-order valence-electron chi connectivity index (χ3n) is 4.24. The molecule has 0 unspecified atom stereocenters. The van der Waals surface area contributed by atoms with E-state index in [0.717, 1.165) is 4.47 Å². The summed E-state index contributed by atoms with van der Waals surface area (Å²) in [6.45, 7) is 2.22. The van der Waals surface area contributed by atoms with E-state index in [-0.39, 0.29) is 36.0 Å². The number of carbonyl (C=O) groups excluding carboxylic acids is 2. The lowest BCUT2D eigenvalue weighted by molar-refractivity contribution is -0.120. The van der Waals surface area contributed by atoms with Crippen LogP contribution in [0.4, 0.5) is 5.95 Å². The Bertz CT molecular complexity index is 1080. The van der Waals surface area contributed by atoms with Crippen LogP contribution in [0, 0.1) is 0 Å². The fourth-order valence-electron chi connectivity index (χ4n) is 2.75. The summed E-state index contributed by atoms with van der Waals surface area (Å²) >= 11 is 3.32. The predicted octanol–water partition coefficient (Wildman–Crippen LogP) is 3.29. The van der Waals surface area contributed by atoms with Crippen molar-refractivity contribution in [3.63, 3.8) is 0 Å². The van der Waals surface area contributed by atoms with Crippen LogP contribution in [0.1, 0.15) is 30.1 Å². The summed E-state index contributed by atoms with van der Waals surface area (Å²) in [6, 6.07) is 14.0. The van der Waals surface area contributed by atoms with Gasteiger partial charge in [0.05, 0.1) is 10.9 Å². The number of anilines is 1. The number of para-hydroxylation sites is 1. The van der Waals surface area contributed by atoms with Crippen LogP contribution in [0.15, 0.2) is 57.8 Å². The van der Waals surface area contributed by atoms with Crippen LogP contribution in [0.25, 0.3) is 10.9 Å². The second kappa shape index (κ2) is 8.79. The van der Waals surface area contributed by atoms with Gasteiger partial charge >= 0.3 is 0 Å². The van der Waals surface area contributed by atoms with Crippen molar-refractivity contribution >= 4 is 44.5 Å². The van der Waals surface area contributed by atoms with Gasteiger partial charge in [-0.05, 0) is 31.2 Å². The van der Waals surface area contributed by atoms with Crippen LogP contribution in [-0.4, -0.2) is 21.2 Å². The summed E-state index contributed by atoms with van der Waals surface area (Å²) in [6.07, 6.45) is 0.104. The maximum Gasteiger partial charge on any atom is 0.262 e. The van der Waals surface area contributed by atoms with Crippen LogP contribution in [0.2, 0.25) is 0 Å². The van der Waals surface area contributed by atoms with Gasteiger partial charge < -0.3 is 0 Å². The van der Waals surface area contributed by atoms with Gasteiger partial charge in [-0.25, -0.2) is 4.98 Å². The molecule has 0 radical (unpaired) electrons. The topological polar surface area (TPSA) is 93.1 Å². The molecule has 1 amide bonds. The average molecular weight is 443 g/mol. The largest absolute Gasteiger partial charge is 0.294 e. The van der Waals surface area contributed by atoms with Gasteiger partial charge in [0.25, 0.3) is 5.56 Å². The third-order valence-corrected chi connectivity index (χ3v) is 4.77. The number of hydrogen-bond donors (Lipinski definition) is 2. The number of hydrogen-bond acceptors (Lipinski definition) is 5. The highest BCUT2D eigenvalue weighted by Crippen LogP contribution is 2.13. The molecule has 0 atom stereocenters. The molecule has 0 aliphatic rings. The Labute approximate surface area is 169 Å². The van der Waals surface area contributed by atoms with Crippen molar-refractivity contribution in [2.75, 3.05) is 5.43 Å². The van der Waals surface area contributed by atoms with Crippen molar-refractivity contribution in [3.8, 4) is 0 Å². The summed E-state index contributed by atoms with van der Waals surface area (Å²) in [5, 5.41) is 0.515. The minimum atomic E-state index is -0.365. The molecule has 28 heavy (non-hydrogen) atoms. The zero-order valence-corrected chi connectivity index (χ0v) is 16.8. The third kappa shape index (κ3) is 4.45. The summed E-state index contributed by atoms with van der Waals surface area (Å²) in [5.74, 6) is -0.230. The number of Topliss-reactive ketones (excluding diaryl/α,β-unsaturated/α-hetero) is 1. The molecular weight excluding hydrogens is 424 g/mol. The zero-order chi connectivity index (χ0) is 20.1. The van der Waals surface area contributed by atoms with Crippen molar-refractivity contribution in [2.24, 2.45) is 0 Å². The number of benzene rings is 2. The second-order valence-electron chi connectivity index (χ2n) is 6.11. The SMILES string of the molecule is CCn1c(NNC(=O)CCC(=O)c2ccc(Br)cc2)nc2ccccc2c1=O. The lowest BCUT2D eigenvalue weighted by atomic mass is 10.1. The van der Waals surface area contributed by atoms with Gasteiger partial charge in [-0.1, -0.05) is 40.2 Å². The Morgan fingerprint density at radius 2 is 1.79 bits per heavy atom. The molecule has 2 N–H and O–H groups in total. The highest BCUT2D eigenvalue weighted by molar-refractivity contribution is 9.10. The van der Waals surface area contributed by atoms with Gasteiger partial charge in [0.2, 0.25) is 11.9 Å². The predicted molar refractivity (Wildman–Crippen MR) is 111 cm³/mol. The van der Waals surface area contributed by atoms with Crippen LogP contribution < -0.4 is 16.4 Å². The average Bonchev–Trinajstić information content (AvgIpc) is 2.71. The van der Waals surface area contributed by atoms with E-state index in [0.29, 0.717) is 23.0 Å². The molecule has 0 spiro atoms. The molecule has 3 rings (SSSR count). The molecule has 3 aromatic rings. The van der Waals surface area contributed by atoms with E-state index >= 15 is 0 Å². The Kier molecular flexibility index (Phi) is 6.20. The number of carbonyl (C=O) groups is 2. The van der Waals surface area contributed by atoms with E-state index in [1.165, 1.54) is 4.57 Å². The van der Waals surface area contributed by atoms with Crippen LogP contribution in [-0.2, 0) is 11.3 Å². The van der Waals surface area contributed by atoms with Gasteiger partial charge in [0.1, 0.15) is 0 Å². The summed E-state index contributed by atoms with van der Waals surface area (Å²) in [4.78, 5) is 41.2. The van der Waals surface area contributed by atoms with Gasteiger partial charge in [0.15, 0.2) is 5.78 Å². The van der Waals surface area contributed by atoms with E-state index in [1.807, 2.05) is 6.92 Å². The number of rotatable bonds is 7. The summed E-state index contributed by atoms with van der Waals surface area (Å²) < 4.78 is 2.33. The monoisotopic (exact) mass is 442 g/mol. The highest BCUT2D eigenvalue weighted by atomic mass is 79.9. The number of aromatic nitrogens is 2. The summed E-state index contributed by atoms with van der Waals surface area (Å²) in [5.41, 5.74) is 6.13. The van der Waals surface area contributed by atoms with E-state index in [9.17, 15) is 14.4 Å². The Morgan fingerprint density at radius 3 is 2.50 bits per heavy atom. The Balaban J connectivity index is 1.63. The lowest BCUT2D eigenvalue weighted by Gasteiger charge is -2.14. The second-order valence-corrected chi connectivity index (χ2v) is 7.02. The molecule has 0 saturated heterocycles. The minimum Gasteiger partial charge on any atom is -0.294 e. The molecule has 0 bridgehead atoms. The van der Waals surface area contributed by atoms with Crippen molar-refractivity contribution in [3.05, 3.63) is 68.9 Å². The number of nitrogens with one attached hydrogen (secondary N) is 2. The van der Waals surface area contributed by atoms with Crippen LogP contribution >= 0.6 is 15.9 Å². The minimum absolute atomic E-state index is 0.0197. The molecule has 0 aliphatic heterocycles. The molecule has 1 heterocycles. The first-order valence-electron chi connectivity index (χ1n) is 8.82. The van der Waals surface area contributed by atoms with E-state index < -0.39 is 0 Å². The molecule has 7 nitrogen and oxygen atoms in total.